The number of benzene rings is 1. The van der Waals surface area contributed by atoms with Gasteiger partial charge >= 0.3 is 0 Å². The van der Waals surface area contributed by atoms with Gasteiger partial charge in [-0.3, -0.25) is 4.57 Å². The molecule has 5 aromatic rings. The number of halogens is 2. The van der Waals surface area contributed by atoms with Gasteiger partial charge in [0.1, 0.15) is 33.7 Å². The molecule has 0 aliphatic heterocycles. The summed E-state index contributed by atoms with van der Waals surface area (Å²) in [6, 6.07) is 13.7. The lowest BCUT2D eigenvalue weighted by molar-refractivity contribution is 0.327. The average molecular weight is 554 g/mol. The fraction of sp³-hybridized carbons (Fsp3) is 0.160. The van der Waals surface area contributed by atoms with Gasteiger partial charge in [0.25, 0.3) is 0 Å². The van der Waals surface area contributed by atoms with E-state index in [2.05, 4.69) is 19.7 Å². The Balaban J connectivity index is 1.71. The molecule has 5 rings (SSSR count). The highest BCUT2D eigenvalue weighted by molar-refractivity contribution is 8.00. The number of aromatic nitrogens is 6. The molecule has 0 aliphatic rings. The number of hydrogen-bond acceptors (Lipinski definition) is 10. The quantitative estimate of drug-likeness (QED) is 0.232. The standard InChI is InChI=1S/C25H21ClFN7O3S/c1-4-37-18-10-5-7-15(29-18)24-32-23-25(34(24)20-16(35-2)8-6-9-17(20)36-3)31-22(21(26)30-23)33-38-19-12-11-14(27)13-28-19/h5-13H,4H2,1-3H3,(H,31,33). The molecule has 0 fully saturated rings. The van der Waals surface area contributed by atoms with Gasteiger partial charge in [0, 0.05) is 18.0 Å². The van der Waals surface area contributed by atoms with Gasteiger partial charge in [0.15, 0.2) is 28.1 Å². The summed E-state index contributed by atoms with van der Waals surface area (Å²) in [6.45, 7) is 2.34. The van der Waals surface area contributed by atoms with E-state index in [1.165, 1.54) is 12.1 Å². The number of nitrogens with zero attached hydrogens (tertiary/aromatic N) is 6. The summed E-state index contributed by atoms with van der Waals surface area (Å²) < 4.78 is 35.0. The SMILES string of the molecule is CCOc1cccc(-c2nc3nc(Cl)c(NSc4ccc(F)cn4)nc3n2-c2c(OC)cccc2OC)n1. The molecule has 0 bridgehead atoms. The van der Waals surface area contributed by atoms with Crippen LogP contribution < -0.4 is 18.9 Å². The van der Waals surface area contributed by atoms with E-state index in [9.17, 15) is 4.39 Å². The van der Waals surface area contributed by atoms with Crippen LogP contribution in [-0.2, 0) is 0 Å². The van der Waals surface area contributed by atoms with Crippen molar-refractivity contribution in [3.8, 4) is 34.6 Å². The van der Waals surface area contributed by atoms with Crippen LogP contribution in [0.1, 0.15) is 6.92 Å². The predicted octanol–water partition coefficient (Wildman–Crippen LogP) is 5.60. The first-order valence-electron chi connectivity index (χ1n) is 11.3. The number of nitrogens with one attached hydrogen (secondary N) is 1. The van der Waals surface area contributed by atoms with Gasteiger partial charge in [-0.2, -0.15) is 0 Å². The molecule has 4 heterocycles. The van der Waals surface area contributed by atoms with E-state index < -0.39 is 5.82 Å². The number of hydrogen-bond donors (Lipinski definition) is 1. The molecule has 0 saturated heterocycles. The van der Waals surface area contributed by atoms with Gasteiger partial charge in [-0.15, -0.1) is 0 Å². The van der Waals surface area contributed by atoms with Crippen molar-refractivity contribution in [2.24, 2.45) is 0 Å². The fourth-order valence-corrected chi connectivity index (χ4v) is 4.48. The topological polar surface area (TPSA) is 109 Å². The molecule has 0 amide bonds. The minimum absolute atomic E-state index is 0.0892. The number of ether oxygens (including phenoxy) is 3. The number of imidazole rings is 1. The molecule has 1 aromatic carbocycles. The van der Waals surface area contributed by atoms with Crippen LogP contribution in [0.5, 0.6) is 17.4 Å². The maximum atomic E-state index is 13.2. The summed E-state index contributed by atoms with van der Waals surface area (Å²) in [5.41, 5.74) is 1.70. The normalized spacial score (nSPS) is 11.0. The Labute approximate surface area is 226 Å². The van der Waals surface area contributed by atoms with Gasteiger partial charge in [0.05, 0.1) is 27.0 Å². The monoisotopic (exact) mass is 553 g/mol. The summed E-state index contributed by atoms with van der Waals surface area (Å²) in [6.07, 6.45) is 1.12. The zero-order chi connectivity index (χ0) is 26.6. The van der Waals surface area contributed by atoms with Gasteiger partial charge in [0.2, 0.25) is 5.88 Å². The summed E-state index contributed by atoms with van der Waals surface area (Å²) in [5, 5.41) is 0.605. The molecule has 194 valence electrons. The van der Waals surface area contributed by atoms with E-state index >= 15 is 0 Å². The first-order valence-corrected chi connectivity index (χ1v) is 12.5. The van der Waals surface area contributed by atoms with E-state index in [0.29, 0.717) is 51.9 Å². The van der Waals surface area contributed by atoms with E-state index in [-0.39, 0.29) is 16.6 Å². The van der Waals surface area contributed by atoms with E-state index in [4.69, 9.17) is 35.8 Å². The van der Waals surface area contributed by atoms with Crippen LogP contribution >= 0.6 is 23.5 Å². The largest absolute Gasteiger partial charge is 0.494 e. The fourth-order valence-electron chi connectivity index (χ4n) is 3.67. The molecule has 0 saturated carbocycles. The molecule has 0 radical (unpaired) electrons. The molecular weight excluding hydrogens is 533 g/mol. The molecular formula is C25H21ClFN7O3S. The second-order valence-corrected chi connectivity index (χ2v) is 8.79. The minimum atomic E-state index is -0.433. The smallest absolute Gasteiger partial charge is 0.213 e. The molecule has 10 nitrogen and oxygen atoms in total. The van der Waals surface area contributed by atoms with Crippen LogP contribution in [0.2, 0.25) is 5.15 Å². The maximum absolute atomic E-state index is 13.2. The van der Waals surface area contributed by atoms with Crippen LogP contribution in [0.3, 0.4) is 0 Å². The van der Waals surface area contributed by atoms with Crippen molar-refractivity contribution in [3.05, 3.63) is 65.7 Å². The Kier molecular flexibility index (Phi) is 7.43. The highest BCUT2D eigenvalue weighted by Gasteiger charge is 2.25. The van der Waals surface area contributed by atoms with Crippen molar-refractivity contribution in [2.45, 2.75) is 11.9 Å². The van der Waals surface area contributed by atoms with Crippen molar-refractivity contribution < 1.29 is 18.6 Å². The number of anilines is 1. The van der Waals surface area contributed by atoms with Crippen molar-refractivity contribution in [3.63, 3.8) is 0 Å². The lowest BCUT2D eigenvalue weighted by atomic mass is 10.2. The Morgan fingerprint density at radius 2 is 1.74 bits per heavy atom. The number of rotatable bonds is 9. The van der Waals surface area contributed by atoms with Crippen LogP contribution in [0.4, 0.5) is 10.2 Å². The van der Waals surface area contributed by atoms with Gasteiger partial charge < -0.3 is 18.9 Å². The van der Waals surface area contributed by atoms with Crippen molar-refractivity contribution >= 4 is 40.7 Å². The second-order valence-electron chi connectivity index (χ2n) is 7.61. The Morgan fingerprint density at radius 3 is 2.42 bits per heavy atom. The molecule has 0 unspecified atom stereocenters. The van der Waals surface area contributed by atoms with Crippen molar-refractivity contribution in [1.29, 1.82) is 0 Å². The van der Waals surface area contributed by atoms with Gasteiger partial charge in [-0.1, -0.05) is 23.7 Å². The summed E-state index contributed by atoms with van der Waals surface area (Å²) in [5.74, 6) is 1.72. The third kappa shape index (κ3) is 5.00. The average Bonchev–Trinajstić information content (AvgIpc) is 3.30. The number of methoxy groups -OCH3 is 2. The first kappa shape index (κ1) is 25.5. The van der Waals surface area contributed by atoms with Crippen LogP contribution in [0, 0.1) is 5.82 Å². The van der Waals surface area contributed by atoms with Crippen LogP contribution in [0.25, 0.3) is 28.5 Å². The zero-order valence-electron chi connectivity index (χ0n) is 20.5. The zero-order valence-corrected chi connectivity index (χ0v) is 22.0. The molecule has 13 heteroatoms. The Morgan fingerprint density at radius 1 is 0.974 bits per heavy atom. The Hall–Kier alpha value is -4.16. The molecule has 38 heavy (non-hydrogen) atoms. The third-order valence-corrected chi connectivity index (χ3v) is 6.28. The number of fused-ring (bicyclic) bond motifs is 1. The number of pyridine rings is 2. The maximum Gasteiger partial charge on any atom is 0.213 e. The molecule has 1 N–H and O–H groups in total. The van der Waals surface area contributed by atoms with Crippen LogP contribution in [0.15, 0.2) is 59.8 Å². The Bertz CT molecular complexity index is 1580. The summed E-state index contributed by atoms with van der Waals surface area (Å²) >= 11 is 7.58. The minimum Gasteiger partial charge on any atom is -0.494 e. The lowest BCUT2D eigenvalue weighted by Crippen LogP contribution is -2.06. The second kappa shape index (κ2) is 11.1. The van der Waals surface area contributed by atoms with Crippen molar-refractivity contribution in [2.75, 3.05) is 25.5 Å². The molecule has 0 spiro atoms. The van der Waals surface area contributed by atoms with Gasteiger partial charge in [-0.05, 0) is 37.3 Å². The predicted molar refractivity (Wildman–Crippen MR) is 143 cm³/mol. The number of para-hydroxylation sites is 1. The molecule has 0 aliphatic carbocycles. The molecule has 0 atom stereocenters. The summed E-state index contributed by atoms with van der Waals surface area (Å²) in [4.78, 5) is 22.6. The van der Waals surface area contributed by atoms with Crippen LogP contribution in [-0.4, -0.2) is 50.3 Å². The van der Waals surface area contributed by atoms with Crippen molar-refractivity contribution in [1.82, 2.24) is 29.5 Å². The van der Waals surface area contributed by atoms with E-state index in [1.54, 1.807) is 43.1 Å². The van der Waals surface area contributed by atoms with E-state index in [0.717, 1.165) is 18.1 Å². The van der Waals surface area contributed by atoms with E-state index in [1.807, 2.05) is 19.1 Å². The highest BCUT2D eigenvalue weighted by Crippen LogP contribution is 2.38. The molecule has 4 aromatic heterocycles. The lowest BCUT2D eigenvalue weighted by Gasteiger charge is -2.16. The third-order valence-electron chi connectivity index (χ3n) is 5.28. The van der Waals surface area contributed by atoms with Gasteiger partial charge in [-0.25, -0.2) is 29.3 Å². The summed E-state index contributed by atoms with van der Waals surface area (Å²) in [7, 11) is 3.12. The first-order chi connectivity index (χ1) is 18.5. The highest BCUT2D eigenvalue weighted by atomic mass is 35.5.